The lowest BCUT2D eigenvalue weighted by Gasteiger charge is -2.32. The Bertz CT molecular complexity index is 557. The van der Waals surface area contributed by atoms with Gasteiger partial charge in [0.25, 0.3) is 0 Å². The molecule has 0 spiro atoms. The second-order valence-electron chi connectivity index (χ2n) is 5.57. The van der Waals surface area contributed by atoms with E-state index in [0.717, 1.165) is 11.0 Å². The van der Waals surface area contributed by atoms with Gasteiger partial charge >= 0.3 is 7.12 Å². The maximum atomic E-state index is 8.41. The molecule has 0 N–H and O–H groups in total. The topological polar surface area (TPSA) is 42.2 Å². The fraction of sp³-hybridized carbons (Fsp3) is 0.400. The molecule has 1 aliphatic rings. The zero-order valence-corrected chi connectivity index (χ0v) is 11.7. The SMILES string of the molecule is CC1(C)OB(c2ccc(C#CC#N)cc2)OC1(C)C. The summed E-state index contributed by atoms with van der Waals surface area (Å²) in [5.41, 5.74) is 1.09. The van der Waals surface area contributed by atoms with Gasteiger partial charge in [-0.2, -0.15) is 5.26 Å². The van der Waals surface area contributed by atoms with Crippen LogP contribution in [-0.4, -0.2) is 18.3 Å². The molecule has 0 unspecified atom stereocenters. The van der Waals surface area contributed by atoms with Gasteiger partial charge in [-0.3, -0.25) is 0 Å². The van der Waals surface area contributed by atoms with Gasteiger partial charge in [0, 0.05) is 11.5 Å². The van der Waals surface area contributed by atoms with E-state index in [-0.39, 0.29) is 18.3 Å². The van der Waals surface area contributed by atoms with Gasteiger partial charge in [0.05, 0.1) is 11.2 Å². The van der Waals surface area contributed by atoms with E-state index in [4.69, 9.17) is 14.6 Å². The molecule has 1 fully saturated rings. The number of hydrogen-bond acceptors (Lipinski definition) is 3. The predicted octanol–water partition coefficient (Wildman–Crippen LogP) is 1.86. The van der Waals surface area contributed by atoms with Crippen LogP contribution in [0.2, 0.25) is 0 Å². The van der Waals surface area contributed by atoms with Gasteiger partial charge in [-0.15, -0.1) is 0 Å². The van der Waals surface area contributed by atoms with E-state index in [1.54, 1.807) is 6.07 Å². The summed E-state index contributed by atoms with van der Waals surface area (Å²) in [4.78, 5) is 0. The van der Waals surface area contributed by atoms with E-state index >= 15 is 0 Å². The third-order valence-electron chi connectivity index (χ3n) is 3.70. The molecule has 1 aromatic carbocycles. The Morgan fingerprint density at radius 3 is 2.00 bits per heavy atom. The van der Waals surface area contributed by atoms with Crippen molar-refractivity contribution < 1.29 is 9.31 Å². The molecule has 0 atom stereocenters. The minimum Gasteiger partial charge on any atom is -0.399 e. The van der Waals surface area contributed by atoms with Crippen LogP contribution in [0.1, 0.15) is 33.3 Å². The summed E-state index contributed by atoms with van der Waals surface area (Å²) in [6.45, 7) is 8.11. The molecular formula is C15H16BNO2. The van der Waals surface area contributed by atoms with Crippen molar-refractivity contribution in [1.29, 1.82) is 5.26 Å². The Morgan fingerprint density at radius 2 is 1.53 bits per heavy atom. The van der Waals surface area contributed by atoms with E-state index in [9.17, 15) is 0 Å². The first-order valence-corrected chi connectivity index (χ1v) is 6.21. The molecule has 19 heavy (non-hydrogen) atoms. The highest BCUT2D eigenvalue weighted by Gasteiger charge is 2.51. The summed E-state index contributed by atoms with van der Waals surface area (Å²) in [5.74, 6) is 5.12. The second kappa shape index (κ2) is 4.74. The fourth-order valence-corrected chi connectivity index (χ4v) is 1.80. The first-order valence-electron chi connectivity index (χ1n) is 6.21. The maximum Gasteiger partial charge on any atom is 0.494 e. The molecule has 4 heteroatoms. The van der Waals surface area contributed by atoms with Crippen LogP contribution in [0.5, 0.6) is 0 Å². The molecule has 0 aromatic heterocycles. The van der Waals surface area contributed by atoms with Crippen molar-refractivity contribution in [2.75, 3.05) is 0 Å². The Hall–Kier alpha value is -1.75. The van der Waals surface area contributed by atoms with Crippen molar-refractivity contribution in [2.24, 2.45) is 0 Å². The van der Waals surface area contributed by atoms with Gasteiger partial charge in [-0.1, -0.05) is 18.1 Å². The number of hydrogen-bond donors (Lipinski definition) is 0. The third kappa shape index (κ3) is 2.66. The Labute approximate surface area is 114 Å². The molecule has 2 rings (SSSR count). The second-order valence-corrected chi connectivity index (χ2v) is 5.57. The Balaban J connectivity index is 2.19. The molecule has 0 radical (unpaired) electrons. The fourth-order valence-electron chi connectivity index (χ4n) is 1.80. The lowest BCUT2D eigenvalue weighted by atomic mass is 9.79. The number of rotatable bonds is 1. The van der Waals surface area contributed by atoms with Crippen molar-refractivity contribution in [1.82, 2.24) is 0 Å². The number of nitrogens with zero attached hydrogens (tertiary/aromatic N) is 1. The van der Waals surface area contributed by atoms with Crippen LogP contribution in [0, 0.1) is 23.2 Å². The molecule has 0 bridgehead atoms. The molecule has 3 nitrogen and oxygen atoms in total. The first-order chi connectivity index (χ1) is 8.86. The summed E-state index contributed by atoms with van der Waals surface area (Å²) < 4.78 is 11.9. The van der Waals surface area contributed by atoms with Crippen molar-refractivity contribution in [3.63, 3.8) is 0 Å². The molecule has 1 aliphatic heterocycles. The highest BCUT2D eigenvalue weighted by molar-refractivity contribution is 6.62. The van der Waals surface area contributed by atoms with Crippen LogP contribution in [-0.2, 0) is 9.31 Å². The zero-order chi connectivity index (χ0) is 14.1. The van der Waals surface area contributed by atoms with Crippen LogP contribution in [0.15, 0.2) is 24.3 Å². The molecule has 0 aliphatic carbocycles. The standard InChI is InChI=1S/C15H16BNO2/c1-14(2)15(3,4)19-16(18-14)13-9-7-12(8-10-13)6-5-11-17/h7-10H,1-4H3. The van der Waals surface area contributed by atoms with Crippen molar-refractivity contribution in [3.05, 3.63) is 29.8 Å². The van der Waals surface area contributed by atoms with Gasteiger partial charge in [0.2, 0.25) is 0 Å². The van der Waals surface area contributed by atoms with Crippen LogP contribution in [0.3, 0.4) is 0 Å². The highest BCUT2D eigenvalue weighted by atomic mass is 16.7. The lowest BCUT2D eigenvalue weighted by Crippen LogP contribution is -2.41. The molecular weight excluding hydrogens is 237 g/mol. The lowest BCUT2D eigenvalue weighted by molar-refractivity contribution is 0.00578. The van der Waals surface area contributed by atoms with Crippen molar-refractivity contribution in [2.45, 2.75) is 38.9 Å². The van der Waals surface area contributed by atoms with Gasteiger partial charge in [0.1, 0.15) is 0 Å². The number of nitriles is 1. The van der Waals surface area contributed by atoms with Crippen LogP contribution in [0.25, 0.3) is 0 Å². The zero-order valence-electron chi connectivity index (χ0n) is 11.7. The summed E-state index contributed by atoms with van der Waals surface area (Å²) in [6.07, 6.45) is 0. The van der Waals surface area contributed by atoms with E-state index < -0.39 is 0 Å². The summed E-state index contributed by atoms with van der Waals surface area (Å²) in [5, 5.41) is 8.41. The van der Waals surface area contributed by atoms with Crippen LogP contribution < -0.4 is 5.46 Å². The molecule has 96 valence electrons. The van der Waals surface area contributed by atoms with Gasteiger partial charge in [-0.05, 0) is 45.3 Å². The van der Waals surface area contributed by atoms with E-state index in [1.807, 2.05) is 52.0 Å². The summed E-state index contributed by atoms with van der Waals surface area (Å²) >= 11 is 0. The average Bonchev–Trinajstić information content (AvgIpc) is 2.56. The number of benzene rings is 1. The summed E-state index contributed by atoms with van der Waals surface area (Å²) in [6, 6.07) is 9.37. The smallest absolute Gasteiger partial charge is 0.399 e. The van der Waals surface area contributed by atoms with Crippen molar-refractivity contribution >= 4 is 12.6 Å². The Morgan fingerprint density at radius 1 is 1.00 bits per heavy atom. The molecule has 0 saturated carbocycles. The van der Waals surface area contributed by atoms with Crippen molar-refractivity contribution in [3.8, 4) is 17.9 Å². The Kier molecular flexibility index (Phi) is 3.41. The average molecular weight is 253 g/mol. The van der Waals surface area contributed by atoms with Crippen LogP contribution in [0.4, 0.5) is 0 Å². The molecule has 0 amide bonds. The van der Waals surface area contributed by atoms with E-state index in [1.165, 1.54) is 0 Å². The highest BCUT2D eigenvalue weighted by Crippen LogP contribution is 2.36. The van der Waals surface area contributed by atoms with E-state index in [0.29, 0.717) is 0 Å². The first kappa shape index (κ1) is 13.7. The monoisotopic (exact) mass is 253 g/mol. The van der Waals surface area contributed by atoms with Gasteiger partial charge in [-0.25, -0.2) is 0 Å². The van der Waals surface area contributed by atoms with Crippen LogP contribution >= 0.6 is 0 Å². The molecule has 1 saturated heterocycles. The van der Waals surface area contributed by atoms with Gasteiger partial charge in [0.15, 0.2) is 6.07 Å². The normalized spacial score (nSPS) is 19.4. The summed E-state index contributed by atoms with van der Waals surface area (Å²) in [7, 11) is -0.358. The largest absolute Gasteiger partial charge is 0.494 e. The quantitative estimate of drug-likeness (QED) is 0.566. The minimum absolute atomic E-state index is 0.336. The maximum absolute atomic E-state index is 8.41. The van der Waals surface area contributed by atoms with Gasteiger partial charge < -0.3 is 9.31 Å². The molecule has 1 heterocycles. The van der Waals surface area contributed by atoms with E-state index in [2.05, 4.69) is 11.8 Å². The molecule has 1 aromatic rings. The predicted molar refractivity (Wildman–Crippen MR) is 74.6 cm³/mol. The minimum atomic E-state index is -0.358. The third-order valence-corrected chi connectivity index (χ3v) is 3.70.